The average Bonchev–Trinajstić information content (AvgIpc) is 2.81. The maximum absolute atomic E-state index is 12.1. The lowest BCUT2D eigenvalue weighted by Crippen LogP contribution is -2.43. The zero-order chi connectivity index (χ0) is 13.2. The van der Waals surface area contributed by atoms with Crippen LogP contribution in [0.25, 0.3) is 10.9 Å². The Hall–Kier alpha value is -1.81. The molecular weight excluding hydrogens is 238 g/mol. The Morgan fingerprint density at radius 2 is 2.26 bits per heavy atom. The van der Waals surface area contributed by atoms with Gasteiger partial charge in [0.05, 0.1) is 6.04 Å². The van der Waals surface area contributed by atoms with Crippen LogP contribution in [-0.4, -0.2) is 23.1 Å². The second-order valence-corrected chi connectivity index (χ2v) is 5.19. The van der Waals surface area contributed by atoms with Crippen molar-refractivity contribution in [1.29, 1.82) is 0 Å². The fraction of sp³-hybridized carbons (Fsp3) is 0.400. The van der Waals surface area contributed by atoms with E-state index in [1.54, 1.807) is 0 Å². The van der Waals surface area contributed by atoms with E-state index in [1.165, 1.54) is 11.9 Å². The number of carbonyl (C=O) groups excluding carboxylic acids is 1. The fourth-order valence-electron chi connectivity index (χ4n) is 2.66. The largest absolute Gasteiger partial charge is 0.351 e. The maximum atomic E-state index is 12.1. The number of nitrogens with zero attached hydrogens (tertiary/aromatic N) is 1. The van der Waals surface area contributed by atoms with Crippen molar-refractivity contribution in [1.82, 2.24) is 9.88 Å². The molecular formula is C15H19N3O. The predicted octanol–water partition coefficient (Wildman–Crippen LogP) is 2.26. The number of rotatable bonds is 2. The molecule has 2 N–H and O–H groups in total. The van der Waals surface area contributed by atoms with Crippen LogP contribution in [0.2, 0.25) is 0 Å². The molecule has 1 fully saturated rings. The number of hydrogen-bond donors (Lipinski definition) is 2. The smallest absolute Gasteiger partial charge is 0.241 e. The van der Waals surface area contributed by atoms with Crippen molar-refractivity contribution in [2.24, 2.45) is 7.05 Å². The summed E-state index contributed by atoms with van der Waals surface area (Å²) in [7, 11) is 2.02. The summed E-state index contributed by atoms with van der Waals surface area (Å²) in [6.07, 6.45) is 5.25. The van der Waals surface area contributed by atoms with Crippen LogP contribution in [0.1, 0.15) is 19.3 Å². The Kier molecular flexibility index (Phi) is 3.25. The van der Waals surface area contributed by atoms with E-state index in [4.69, 9.17) is 0 Å². The first-order chi connectivity index (χ1) is 9.24. The van der Waals surface area contributed by atoms with Gasteiger partial charge in [0, 0.05) is 29.8 Å². The quantitative estimate of drug-likeness (QED) is 0.867. The van der Waals surface area contributed by atoms with Crippen LogP contribution in [0, 0.1) is 0 Å². The number of carbonyl (C=O) groups is 1. The highest BCUT2D eigenvalue weighted by Crippen LogP contribution is 2.20. The van der Waals surface area contributed by atoms with Gasteiger partial charge in [0.1, 0.15) is 0 Å². The zero-order valence-electron chi connectivity index (χ0n) is 11.1. The van der Waals surface area contributed by atoms with E-state index in [2.05, 4.69) is 21.3 Å². The van der Waals surface area contributed by atoms with Gasteiger partial charge < -0.3 is 15.2 Å². The van der Waals surface area contributed by atoms with E-state index in [-0.39, 0.29) is 11.9 Å². The second-order valence-electron chi connectivity index (χ2n) is 5.19. The molecule has 1 aromatic carbocycles. The molecule has 0 spiro atoms. The first-order valence-corrected chi connectivity index (χ1v) is 6.83. The van der Waals surface area contributed by atoms with Crippen molar-refractivity contribution in [2.75, 3.05) is 11.9 Å². The summed E-state index contributed by atoms with van der Waals surface area (Å²) in [6, 6.07) is 8.04. The van der Waals surface area contributed by atoms with Gasteiger partial charge in [-0.1, -0.05) is 6.42 Å². The summed E-state index contributed by atoms with van der Waals surface area (Å²) in [5, 5.41) is 7.42. The van der Waals surface area contributed by atoms with Crippen LogP contribution in [0.3, 0.4) is 0 Å². The zero-order valence-corrected chi connectivity index (χ0v) is 11.1. The van der Waals surface area contributed by atoms with Gasteiger partial charge in [0.25, 0.3) is 0 Å². The summed E-state index contributed by atoms with van der Waals surface area (Å²) in [4.78, 5) is 12.1. The van der Waals surface area contributed by atoms with Crippen LogP contribution in [0.5, 0.6) is 0 Å². The van der Waals surface area contributed by atoms with Crippen LogP contribution < -0.4 is 10.6 Å². The maximum Gasteiger partial charge on any atom is 0.241 e. The van der Waals surface area contributed by atoms with Gasteiger partial charge in [-0.15, -0.1) is 0 Å². The average molecular weight is 257 g/mol. The fourth-order valence-corrected chi connectivity index (χ4v) is 2.66. The first kappa shape index (κ1) is 12.2. The number of aryl methyl sites for hydroxylation is 1. The van der Waals surface area contributed by atoms with E-state index in [0.29, 0.717) is 0 Å². The van der Waals surface area contributed by atoms with Crippen LogP contribution in [0.15, 0.2) is 30.5 Å². The van der Waals surface area contributed by atoms with Gasteiger partial charge in [-0.25, -0.2) is 0 Å². The van der Waals surface area contributed by atoms with Crippen LogP contribution in [-0.2, 0) is 11.8 Å². The van der Waals surface area contributed by atoms with Gasteiger partial charge in [-0.2, -0.15) is 0 Å². The highest BCUT2D eigenvalue weighted by molar-refractivity contribution is 5.97. The van der Waals surface area contributed by atoms with Gasteiger partial charge in [0.15, 0.2) is 0 Å². The van der Waals surface area contributed by atoms with Crippen molar-refractivity contribution in [3.05, 3.63) is 30.5 Å². The van der Waals surface area contributed by atoms with Crippen molar-refractivity contribution >= 4 is 22.5 Å². The van der Waals surface area contributed by atoms with Crippen LogP contribution in [0.4, 0.5) is 5.69 Å². The summed E-state index contributed by atoms with van der Waals surface area (Å²) < 4.78 is 2.07. The summed E-state index contributed by atoms with van der Waals surface area (Å²) in [5.41, 5.74) is 2.05. The minimum atomic E-state index is -0.0415. The number of benzene rings is 1. The summed E-state index contributed by atoms with van der Waals surface area (Å²) >= 11 is 0. The summed E-state index contributed by atoms with van der Waals surface area (Å²) in [5.74, 6) is 0.0787. The molecule has 4 nitrogen and oxygen atoms in total. The Morgan fingerprint density at radius 3 is 3.05 bits per heavy atom. The molecule has 19 heavy (non-hydrogen) atoms. The lowest BCUT2D eigenvalue weighted by Gasteiger charge is -2.22. The molecule has 2 heterocycles. The van der Waals surface area contributed by atoms with Gasteiger partial charge >= 0.3 is 0 Å². The molecule has 1 aliphatic heterocycles. The molecule has 1 unspecified atom stereocenters. The third-order valence-corrected chi connectivity index (χ3v) is 3.78. The van der Waals surface area contributed by atoms with E-state index < -0.39 is 0 Å². The van der Waals surface area contributed by atoms with Gasteiger partial charge in [0.2, 0.25) is 5.91 Å². The van der Waals surface area contributed by atoms with E-state index in [0.717, 1.165) is 30.5 Å². The molecule has 4 heteroatoms. The SMILES string of the molecule is Cn1ccc2cc(NC(=O)C3CCCCN3)ccc21. The topological polar surface area (TPSA) is 46.1 Å². The monoisotopic (exact) mass is 257 g/mol. The number of hydrogen-bond acceptors (Lipinski definition) is 2. The van der Waals surface area contributed by atoms with Gasteiger partial charge in [-0.05, 0) is 43.7 Å². The molecule has 3 rings (SSSR count). The van der Waals surface area contributed by atoms with E-state index in [9.17, 15) is 4.79 Å². The Bertz CT molecular complexity index is 596. The highest BCUT2D eigenvalue weighted by atomic mass is 16.2. The number of aromatic nitrogens is 1. The molecule has 1 saturated heterocycles. The third kappa shape index (κ3) is 2.49. The molecule has 1 aliphatic rings. The van der Waals surface area contributed by atoms with E-state index >= 15 is 0 Å². The molecule has 0 aliphatic carbocycles. The molecule has 100 valence electrons. The minimum Gasteiger partial charge on any atom is -0.351 e. The number of nitrogens with one attached hydrogen (secondary N) is 2. The molecule has 2 aromatic rings. The Morgan fingerprint density at radius 1 is 1.37 bits per heavy atom. The number of piperidine rings is 1. The predicted molar refractivity (Wildman–Crippen MR) is 77.2 cm³/mol. The standard InChI is InChI=1S/C15H19N3O/c1-18-9-7-11-10-12(5-6-14(11)18)17-15(19)13-4-2-3-8-16-13/h5-7,9-10,13,16H,2-4,8H2,1H3,(H,17,19). The molecule has 0 saturated carbocycles. The molecule has 1 aromatic heterocycles. The number of fused-ring (bicyclic) bond motifs is 1. The third-order valence-electron chi connectivity index (χ3n) is 3.78. The number of amides is 1. The lowest BCUT2D eigenvalue weighted by atomic mass is 10.0. The van der Waals surface area contributed by atoms with Crippen LogP contribution >= 0.6 is 0 Å². The molecule has 1 atom stereocenters. The van der Waals surface area contributed by atoms with Crippen molar-refractivity contribution in [3.63, 3.8) is 0 Å². The summed E-state index contributed by atoms with van der Waals surface area (Å²) in [6.45, 7) is 0.940. The first-order valence-electron chi connectivity index (χ1n) is 6.83. The molecule has 0 radical (unpaired) electrons. The lowest BCUT2D eigenvalue weighted by molar-refractivity contribution is -0.118. The highest BCUT2D eigenvalue weighted by Gasteiger charge is 2.20. The van der Waals surface area contributed by atoms with Crippen molar-refractivity contribution in [2.45, 2.75) is 25.3 Å². The Balaban J connectivity index is 1.75. The molecule has 0 bridgehead atoms. The van der Waals surface area contributed by atoms with E-state index in [1.807, 2.05) is 31.4 Å². The normalized spacial score (nSPS) is 19.5. The Labute approximate surface area is 112 Å². The second kappa shape index (κ2) is 5.05. The minimum absolute atomic E-state index is 0.0415. The van der Waals surface area contributed by atoms with Crippen molar-refractivity contribution < 1.29 is 4.79 Å². The number of anilines is 1. The van der Waals surface area contributed by atoms with Crippen molar-refractivity contribution in [3.8, 4) is 0 Å². The molecule has 1 amide bonds. The van der Waals surface area contributed by atoms with Gasteiger partial charge in [-0.3, -0.25) is 4.79 Å².